The Balaban J connectivity index is 1.38. The number of aliphatic carboxylic acids is 1. The summed E-state index contributed by atoms with van der Waals surface area (Å²) in [6, 6.07) is 27.4. The number of ether oxygens (including phenoxy) is 1. The van der Waals surface area contributed by atoms with E-state index in [1.165, 1.54) is 5.56 Å². The van der Waals surface area contributed by atoms with Gasteiger partial charge in [-0.2, -0.15) is 0 Å². The highest BCUT2D eigenvalue weighted by molar-refractivity contribution is 6.05. The number of carboxylic acid groups (broad SMARTS) is 1. The molecule has 2 heterocycles. The van der Waals surface area contributed by atoms with E-state index in [2.05, 4.69) is 39.5 Å². The fourth-order valence-corrected chi connectivity index (χ4v) is 4.69. The molecule has 0 radical (unpaired) electrons. The van der Waals surface area contributed by atoms with Gasteiger partial charge in [0.15, 0.2) is 0 Å². The van der Waals surface area contributed by atoms with Crippen LogP contribution in [0.15, 0.2) is 91.1 Å². The molecule has 0 aliphatic carbocycles. The van der Waals surface area contributed by atoms with Gasteiger partial charge in [-0.25, -0.2) is 0 Å². The number of aryl methyl sites for hydroxylation is 2. The summed E-state index contributed by atoms with van der Waals surface area (Å²) in [5.41, 5.74) is 6.67. The first kappa shape index (κ1) is 25.0. The summed E-state index contributed by atoms with van der Waals surface area (Å²) in [4.78, 5) is 30.9. The number of amides is 1. The van der Waals surface area contributed by atoms with E-state index in [0.717, 1.165) is 35.5 Å². The van der Waals surface area contributed by atoms with Gasteiger partial charge in [-0.05, 0) is 78.9 Å². The van der Waals surface area contributed by atoms with E-state index >= 15 is 0 Å². The van der Waals surface area contributed by atoms with Gasteiger partial charge in [0.2, 0.25) is 0 Å². The number of hydrogen-bond donors (Lipinski definition) is 2. The second kappa shape index (κ2) is 11.6. The number of carboxylic acids is 1. The minimum Gasteiger partial charge on any atom is -0.491 e. The lowest BCUT2D eigenvalue weighted by molar-refractivity contribution is -0.137. The van der Waals surface area contributed by atoms with Gasteiger partial charge in [-0.1, -0.05) is 36.4 Å². The summed E-state index contributed by atoms with van der Waals surface area (Å²) >= 11 is 0. The molecule has 0 fully saturated rings. The SMILES string of the molecule is O=C(O)CCCOc1ccccc1NC(=O)c1ccc2c(c1)CCc1ccccc1N2Cc1ccccn1. The van der Waals surface area contributed by atoms with E-state index in [9.17, 15) is 9.59 Å². The topological polar surface area (TPSA) is 91.8 Å². The number of rotatable bonds is 9. The first-order valence-electron chi connectivity index (χ1n) is 12.7. The Labute approximate surface area is 221 Å². The highest BCUT2D eigenvalue weighted by Crippen LogP contribution is 2.37. The number of carbonyl (C=O) groups excluding carboxylic acids is 1. The molecular weight excluding hydrogens is 478 g/mol. The molecule has 0 bridgehead atoms. The normalized spacial score (nSPS) is 12.2. The number of anilines is 3. The molecule has 0 unspecified atom stereocenters. The second-order valence-corrected chi connectivity index (χ2v) is 9.18. The van der Waals surface area contributed by atoms with Crippen LogP contribution >= 0.6 is 0 Å². The van der Waals surface area contributed by atoms with E-state index in [1.54, 1.807) is 18.3 Å². The van der Waals surface area contributed by atoms with E-state index in [-0.39, 0.29) is 18.9 Å². The molecule has 192 valence electrons. The number of benzene rings is 3. The summed E-state index contributed by atoms with van der Waals surface area (Å²) < 4.78 is 5.75. The Hall–Kier alpha value is -4.65. The zero-order valence-corrected chi connectivity index (χ0v) is 21.0. The third-order valence-electron chi connectivity index (χ3n) is 6.55. The highest BCUT2D eigenvalue weighted by Gasteiger charge is 2.22. The lowest BCUT2D eigenvalue weighted by Gasteiger charge is -2.27. The molecule has 7 heteroatoms. The van der Waals surface area contributed by atoms with Crippen molar-refractivity contribution < 1.29 is 19.4 Å². The van der Waals surface area contributed by atoms with Gasteiger partial charge >= 0.3 is 5.97 Å². The summed E-state index contributed by atoms with van der Waals surface area (Å²) in [5, 5.41) is 11.8. The molecule has 3 aromatic carbocycles. The number of hydrogen-bond acceptors (Lipinski definition) is 5. The van der Waals surface area contributed by atoms with Crippen LogP contribution in [0.1, 0.15) is 40.0 Å². The number of carbonyl (C=O) groups is 2. The van der Waals surface area contributed by atoms with Crippen molar-refractivity contribution >= 4 is 28.9 Å². The lowest BCUT2D eigenvalue weighted by atomic mass is 10.0. The smallest absolute Gasteiger partial charge is 0.303 e. The molecule has 0 saturated carbocycles. The molecule has 1 amide bonds. The molecule has 4 aromatic rings. The van der Waals surface area contributed by atoms with Crippen LogP contribution in [-0.4, -0.2) is 28.6 Å². The standard InChI is InChI=1S/C31H29N3O4/c35-30(36)13-7-19-38-29-12-4-2-10-26(29)33-31(37)24-16-17-28-23(20-24)15-14-22-8-1-3-11-27(22)34(28)21-25-9-5-6-18-32-25/h1-6,8-12,16-18,20H,7,13-15,19,21H2,(H,33,37)(H,35,36). The van der Waals surface area contributed by atoms with Gasteiger partial charge < -0.3 is 20.1 Å². The molecule has 5 rings (SSSR count). The Bertz CT molecular complexity index is 1440. The number of nitrogens with one attached hydrogen (secondary N) is 1. The van der Waals surface area contributed by atoms with Crippen molar-refractivity contribution in [3.8, 4) is 5.75 Å². The Morgan fingerprint density at radius 2 is 1.66 bits per heavy atom. The van der Waals surface area contributed by atoms with Crippen LogP contribution in [0.25, 0.3) is 0 Å². The Morgan fingerprint density at radius 3 is 2.50 bits per heavy atom. The molecule has 0 atom stereocenters. The molecule has 1 aromatic heterocycles. The van der Waals surface area contributed by atoms with Crippen LogP contribution in [0.5, 0.6) is 5.75 Å². The molecule has 1 aliphatic rings. The van der Waals surface area contributed by atoms with Crippen molar-refractivity contribution in [2.24, 2.45) is 0 Å². The molecule has 38 heavy (non-hydrogen) atoms. The molecule has 0 saturated heterocycles. The number of para-hydroxylation sites is 3. The maximum Gasteiger partial charge on any atom is 0.303 e. The molecule has 2 N–H and O–H groups in total. The number of pyridine rings is 1. The van der Waals surface area contributed by atoms with Crippen LogP contribution < -0.4 is 15.0 Å². The van der Waals surface area contributed by atoms with Crippen molar-refractivity contribution in [1.29, 1.82) is 0 Å². The van der Waals surface area contributed by atoms with Gasteiger partial charge in [0.1, 0.15) is 5.75 Å². The third kappa shape index (κ3) is 5.83. The maximum absolute atomic E-state index is 13.3. The van der Waals surface area contributed by atoms with Crippen LogP contribution in [0.4, 0.5) is 17.1 Å². The highest BCUT2D eigenvalue weighted by atomic mass is 16.5. The molecule has 7 nitrogen and oxygen atoms in total. The summed E-state index contributed by atoms with van der Waals surface area (Å²) in [5.74, 6) is -0.578. The minimum atomic E-state index is -0.861. The Morgan fingerprint density at radius 1 is 0.895 bits per heavy atom. The van der Waals surface area contributed by atoms with Crippen LogP contribution in [0.3, 0.4) is 0 Å². The second-order valence-electron chi connectivity index (χ2n) is 9.18. The Kier molecular flexibility index (Phi) is 7.64. The fraction of sp³-hybridized carbons (Fsp3) is 0.194. The largest absolute Gasteiger partial charge is 0.491 e. The number of aromatic nitrogens is 1. The van der Waals surface area contributed by atoms with Crippen molar-refractivity contribution in [2.75, 3.05) is 16.8 Å². The van der Waals surface area contributed by atoms with Gasteiger partial charge in [0.25, 0.3) is 5.91 Å². The van der Waals surface area contributed by atoms with Crippen molar-refractivity contribution in [3.05, 3.63) is 114 Å². The van der Waals surface area contributed by atoms with Crippen LogP contribution in [0.2, 0.25) is 0 Å². The van der Waals surface area contributed by atoms with Crippen LogP contribution in [-0.2, 0) is 24.2 Å². The fourth-order valence-electron chi connectivity index (χ4n) is 4.69. The summed E-state index contributed by atoms with van der Waals surface area (Å²) in [7, 11) is 0. The zero-order chi connectivity index (χ0) is 26.3. The van der Waals surface area contributed by atoms with E-state index < -0.39 is 5.97 Å². The first-order valence-corrected chi connectivity index (χ1v) is 12.7. The molecular formula is C31H29N3O4. The predicted octanol–water partition coefficient (Wildman–Crippen LogP) is 6.01. The van der Waals surface area contributed by atoms with Gasteiger partial charge in [-0.15, -0.1) is 0 Å². The average molecular weight is 508 g/mol. The zero-order valence-electron chi connectivity index (χ0n) is 21.0. The van der Waals surface area contributed by atoms with Gasteiger partial charge in [0, 0.05) is 29.6 Å². The van der Waals surface area contributed by atoms with Crippen molar-refractivity contribution in [1.82, 2.24) is 4.98 Å². The molecule has 1 aliphatic heterocycles. The monoisotopic (exact) mass is 507 g/mol. The minimum absolute atomic E-state index is 0.0326. The number of fused-ring (bicyclic) bond motifs is 2. The predicted molar refractivity (Wildman–Crippen MR) is 147 cm³/mol. The van der Waals surface area contributed by atoms with Crippen LogP contribution in [0, 0.1) is 0 Å². The number of nitrogens with zero attached hydrogens (tertiary/aromatic N) is 2. The van der Waals surface area contributed by atoms with Gasteiger partial charge in [-0.3, -0.25) is 14.6 Å². The third-order valence-corrected chi connectivity index (χ3v) is 6.55. The van der Waals surface area contributed by atoms with E-state index in [1.807, 2.05) is 48.5 Å². The first-order chi connectivity index (χ1) is 18.6. The van der Waals surface area contributed by atoms with E-state index in [0.29, 0.717) is 30.0 Å². The quantitative estimate of drug-likeness (QED) is 0.270. The summed E-state index contributed by atoms with van der Waals surface area (Å²) in [6.07, 6.45) is 3.92. The average Bonchev–Trinajstić information content (AvgIpc) is 3.09. The van der Waals surface area contributed by atoms with Crippen molar-refractivity contribution in [2.45, 2.75) is 32.2 Å². The van der Waals surface area contributed by atoms with Gasteiger partial charge in [0.05, 0.1) is 24.5 Å². The maximum atomic E-state index is 13.3. The van der Waals surface area contributed by atoms with E-state index in [4.69, 9.17) is 9.84 Å². The van der Waals surface area contributed by atoms with Crippen molar-refractivity contribution in [3.63, 3.8) is 0 Å². The lowest BCUT2D eigenvalue weighted by Crippen LogP contribution is -2.19. The molecule has 0 spiro atoms. The summed E-state index contributed by atoms with van der Waals surface area (Å²) in [6.45, 7) is 0.883.